The molecule has 2 N–H and O–H groups in total. The monoisotopic (exact) mass is 366 g/mol. The van der Waals surface area contributed by atoms with E-state index in [1.807, 2.05) is 0 Å². The van der Waals surface area contributed by atoms with Crippen LogP contribution in [0.3, 0.4) is 0 Å². The molecule has 0 aliphatic heterocycles. The number of rotatable bonds is 6. The molecule has 2 aromatic carbocycles. The van der Waals surface area contributed by atoms with Crippen LogP contribution >= 0.6 is 0 Å². The summed E-state index contributed by atoms with van der Waals surface area (Å²) in [5, 5.41) is 0. The molecule has 0 unspecified atom stereocenters. The third-order valence-electron chi connectivity index (χ3n) is 3.61. The number of amides is 1. The number of halogens is 3. The van der Waals surface area contributed by atoms with Crippen molar-refractivity contribution in [2.24, 2.45) is 0 Å². The van der Waals surface area contributed by atoms with Crippen molar-refractivity contribution in [3.63, 3.8) is 0 Å². The number of carbonyl (C=O) groups excluding carboxylic acids is 2. The van der Waals surface area contributed by atoms with E-state index in [0.29, 0.717) is 16.9 Å². The number of hydrazine groups is 1. The van der Waals surface area contributed by atoms with Crippen molar-refractivity contribution >= 4 is 17.4 Å². The molecule has 26 heavy (non-hydrogen) atoms. The number of hydrogen-bond acceptors (Lipinski definition) is 4. The van der Waals surface area contributed by atoms with E-state index in [2.05, 4.69) is 10.9 Å². The Morgan fingerprint density at radius 1 is 1.12 bits per heavy atom. The lowest BCUT2D eigenvalue weighted by Gasteiger charge is -2.15. The third kappa shape index (κ3) is 4.75. The maximum atomic E-state index is 12.9. The van der Waals surface area contributed by atoms with Crippen molar-refractivity contribution < 1.29 is 27.5 Å². The number of methoxy groups -OCH3 is 1. The second kappa shape index (κ2) is 7.90. The normalized spacial score (nSPS) is 11.0. The number of alkyl halides is 3. The van der Waals surface area contributed by atoms with E-state index < -0.39 is 17.6 Å². The van der Waals surface area contributed by atoms with Gasteiger partial charge in [0.25, 0.3) is 0 Å². The first-order valence-corrected chi connectivity index (χ1v) is 7.61. The molecular weight excluding hydrogens is 349 g/mol. The fourth-order valence-corrected chi connectivity index (χ4v) is 2.33. The van der Waals surface area contributed by atoms with Crippen LogP contribution in [0, 0.1) is 0 Å². The Morgan fingerprint density at radius 3 is 2.42 bits per heavy atom. The first-order valence-electron chi connectivity index (χ1n) is 7.61. The first kappa shape index (κ1) is 19.3. The minimum atomic E-state index is -4.55. The van der Waals surface area contributed by atoms with Crippen molar-refractivity contribution in [1.82, 2.24) is 5.43 Å². The molecular formula is C18H17F3N2O3. The molecule has 5 nitrogen and oxygen atoms in total. The fraction of sp³-hybridized carbons (Fsp3) is 0.222. The van der Waals surface area contributed by atoms with Gasteiger partial charge in [0.1, 0.15) is 5.75 Å². The SMILES string of the molecule is COc1ccc(C(C)=O)cc1CC(=O)NNc1ccccc1C(F)(F)F. The number of ketones is 1. The van der Waals surface area contributed by atoms with Crippen molar-refractivity contribution in [1.29, 1.82) is 0 Å². The van der Waals surface area contributed by atoms with E-state index >= 15 is 0 Å². The second-order valence-electron chi connectivity index (χ2n) is 5.48. The molecule has 138 valence electrons. The summed E-state index contributed by atoms with van der Waals surface area (Å²) in [4.78, 5) is 23.6. The number of anilines is 1. The van der Waals surface area contributed by atoms with Crippen LogP contribution < -0.4 is 15.6 Å². The molecule has 0 radical (unpaired) electrons. The molecule has 8 heteroatoms. The molecule has 2 aromatic rings. The number of benzene rings is 2. The van der Waals surface area contributed by atoms with Gasteiger partial charge in [0, 0.05) is 11.1 Å². The average Bonchev–Trinajstić information content (AvgIpc) is 2.59. The van der Waals surface area contributed by atoms with Gasteiger partial charge >= 0.3 is 6.18 Å². The van der Waals surface area contributed by atoms with Gasteiger partial charge in [0.15, 0.2) is 5.78 Å². The summed E-state index contributed by atoms with van der Waals surface area (Å²) in [6.07, 6.45) is -4.72. The molecule has 0 atom stereocenters. The Kier molecular flexibility index (Phi) is 5.86. The minimum Gasteiger partial charge on any atom is -0.496 e. The number of carbonyl (C=O) groups is 2. The van der Waals surface area contributed by atoms with Crippen molar-refractivity contribution in [2.45, 2.75) is 19.5 Å². The fourth-order valence-electron chi connectivity index (χ4n) is 2.33. The second-order valence-corrected chi connectivity index (χ2v) is 5.48. The zero-order valence-electron chi connectivity index (χ0n) is 14.1. The largest absolute Gasteiger partial charge is 0.496 e. The Bertz CT molecular complexity index is 820. The van der Waals surface area contributed by atoms with Gasteiger partial charge in [0.05, 0.1) is 24.8 Å². The van der Waals surface area contributed by atoms with E-state index in [1.54, 1.807) is 12.1 Å². The maximum absolute atomic E-state index is 12.9. The molecule has 1 amide bonds. The molecule has 0 saturated carbocycles. The zero-order valence-corrected chi connectivity index (χ0v) is 14.1. The number of hydrogen-bond donors (Lipinski definition) is 2. The minimum absolute atomic E-state index is 0.174. The Labute approximate surface area is 148 Å². The molecule has 0 aliphatic carbocycles. The average molecular weight is 366 g/mol. The highest BCUT2D eigenvalue weighted by molar-refractivity contribution is 5.94. The van der Waals surface area contributed by atoms with Crippen LogP contribution in [0.1, 0.15) is 28.4 Å². The van der Waals surface area contributed by atoms with Crippen LogP contribution in [-0.2, 0) is 17.4 Å². The first-order chi connectivity index (χ1) is 12.2. The van der Waals surface area contributed by atoms with E-state index in [1.165, 1.54) is 38.3 Å². The van der Waals surface area contributed by atoms with Gasteiger partial charge < -0.3 is 4.74 Å². The highest BCUT2D eigenvalue weighted by atomic mass is 19.4. The molecule has 0 aromatic heterocycles. The third-order valence-corrected chi connectivity index (χ3v) is 3.61. The summed E-state index contributed by atoms with van der Waals surface area (Å²) in [6.45, 7) is 1.39. The highest BCUT2D eigenvalue weighted by Gasteiger charge is 2.33. The number of para-hydroxylation sites is 1. The lowest BCUT2D eigenvalue weighted by atomic mass is 10.0. The van der Waals surface area contributed by atoms with Gasteiger partial charge in [-0.05, 0) is 37.3 Å². The van der Waals surface area contributed by atoms with E-state index in [4.69, 9.17) is 4.74 Å². The van der Waals surface area contributed by atoms with Crippen LogP contribution in [0.15, 0.2) is 42.5 Å². The molecule has 0 spiro atoms. The summed E-state index contributed by atoms with van der Waals surface area (Å²) in [7, 11) is 1.42. The summed E-state index contributed by atoms with van der Waals surface area (Å²) < 4.78 is 44.0. The number of nitrogens with one attached hydrogen (secondary N) is 2. The quantitative estimate of drug-likeness (QED) is 0.606. The predicted molar refractivity (Wildman–Crippen MR) is 89.9 cm³/mol. The summed E-state index contributed by atoms with van der Waals surface area (Å²) in [6, 6.07) is 9.45. The molecule has 0 heterocycles. The van der Waals surface area contributed by atoms with Crippen LogP contribution in [0.4, 0.5) is 18.9 Å². The van der Waals surface area contributed by atoms with Crippen LogP contribution in [-0.4, -0.2) is 18.8 Å². The number of ether oxygens (including phenoxy) is 1. The van der Waals surface area contributed by atoms with Crippen LogP contribution in [0.5, 0.6) is 5.75 Å². The molecule has 0 aliphatic rings. The van der Waals surface area contributed by atoms with Gasteiger partial charge in [-0.2, -0.15) is 13.2 Å². The number of Topliss-reactive ketones (excluding diaryl/α,β-unsaturated/α-hetero) is 1. The van der Waals surface area contributed by atoms with E-state index in [-0.39, 0.29) is 17.9 Å². The predicted octanol–water partition coefficient (Wildman–Crippen LogP) is 3.60. The maximum Gasteiger partial charge on any atom is 0.418 e. The molecule has 0 saturated heterocycles. The van der Waals surface area contributed by atoms with Gasteiger partial charge in [0.2, 0.25) is 5.91 Å². The highest BCUT2D eigenvalue weighted by Crippen LogP contribution is 2.34. The van der Waals surface area contributed by atoms with Crippen LogP contribution in [0.25, 0.3) is 0 Å². The van der Waals surface area contributed by atoms with E-state index in [9.17, 15) is 22.8 Å². The summed E-state index contributed by atoms with van der Waals surface area (Å²) in [5.41, 5.74) is 4.21. The van der Waals surface area contributed by atoms with E-state index in [0.717, 1.165) is 6.07 Å². The van der Waals surface area contributed by atoms with Crippen molar-refractivity contribution in [3.05, 3.63) is 59.2 Å². The van der Waals surface area contributed by atoms with Gasteiger partial charge in [-0.3, -0.25) is 20.4 Å². The Balaban J connectivity index is 2.11. The van der Waals surface area contributed by atoms with Crippen molar-refractivity contribution in [3.8, 4) is 5.75 Å². The molecule has 0 fully saturated rings. The standard InChI is InChI=1S/C18H17F3N2O3/c1-11(24)12-7-8-16(26-2)13(9-12)10-17(25)23-22-15-6-4-3-5-14(15)18(19,20)21/h3-9,22H,10H2,1-2H3,(H,23,25). The Hall–Kier alpha value is -3.03. The lowest BCUT2D eigenvalue weighted by molar-refractivity contribution is -0.137. The van der Waals surface area contributed by atoms with Gasteiger partial charge in [-0.15, -0.1) is 0 Å². The topological polar surface area (TPSA) is 67.4 Å². The zero-order chi connectivity index (χ0) is 19.3. The van der Waals surface area contributed by atoms with Gasteiger partial charge in [-0.25, -0.2) is 0 Å². The van der Waals surface area contributed by atoms with Gasteiger partial charge in [-0.1, -0.05) is 12.1 Å². The summed E-state index contributed by atoms with van der Waals surface area (Å²) in [5.74, 6) is -0.353. The van der Waals surface area contributed by atoms with Crippen LogP contribution in [0.2, 0.25) is 0 Å². The molecule has 0 bridgehead atoms. The Morgan fingerprint density at radius 2 is 1.81 bits per heavy atom. The lowest BCUT2D eigenvalue weighted by Crippen LogP contribution is -2.32. The smallest absolute Gasteiger partial charge is 0.418 e. The summed E-state index contributed by atoms with van der Waals surface area (Å²) >= 11 is 0. The van der Waals surface area contributed by atoms with Crippen molar-refractivity contribution in [2.75, 3.05) is 12.5 Å². The molecule has 2 rings (SSSR count).